The van der Waals surface area contributed by atoms with Crippen LogP contribution in [0.25, 0.3) is 0 Å². The van der Waals surface area contributed by atoms with Gasteiger partial charge in [-0.3, -0.25) is 9.59 Å². The number of hydrogen-bond acceptors (Lipinski definition) is 5. The van der Waals surface area contributed by atoms with E-state index in [0.29, 0.717) is 12.3 Å². The Bertz CT molecular complexity index is 559. The number of aromatic nitrogens is 1. The molecule has 1 aromatic heterocycles. The summed E-state index contributed by atoms with van der Waals surface area (Å²) in [7, 11) is 2.87. The SMILES string of the molecule is COC(=O)[C@@]12CC1C(=O)N[C@@H]2c1ccnc(OC)c1. The first-order valence-electron chi connectivity index (χ1n) is 6.02. The van der Waals surface area contributed by atoms with E-state index in [-0.39, 0.29) is 23.8 Å². The Morgan fingerprint density at radius 2 is 2.32 bits per heavy atom. The number of pyridine rings is 1. The van der Waals surface area contributed by atoms with E-state index < -0.39 is 5.41 Å². The number of fused-ring (bicyclic) bond motifs is 1. The molecule has 1 unspecified atom stereocenters. The second-order valence-corrected chi connectivity index (χ2v) is 4.86. The highest BCUT2D eigenvalue weighted by atomic mass is 16.5. The number of hydrogen-bond donors (Lipinski definition) is 1. The molecule has 0 bridgehead atoms. The summed E-state index contributed by atoms with van der Waals surface area (Å²) in [5.74, 6) is -0.247. The van der Waals surface area contributed by atoms with Crippen LogP contribution in [0.5, 0.6) is 5.88 Å². The molecule has 1 N–H and O–H groups in total. The van der Waals surface area contributed by atoms with Crippen molar-refractivity contribution in [2.24, 2.45) is 11.3 Å². The second kappa shape index (κ2) is 3.94. The van der Waals surface area contributed by atoms with Gasteiger partial charge in [-0.15, -0.1) is 0 Å². The van der Waals surface area contributed by atoms with Crippen molar-refractivity contribution in [3.05, 3.63) is 23.9 Å². The quantitative estimate of drug-likeness (QED) is 0.800. The molecule has 6 heteroatoms. The van der Waals surface area contributed by atoms with Crippen LogP contribution in [0.2, 0.25) is 0 Å². The Kier molecular flexibility index (Phi) is 2.48. The molecule has 1 amide bonds. The number of nitrogens with one attached hydrogen (secondary N) is 1. The van der Waals surface area contributed by atoms with Crippen LogP contribution in [-0.2, 0) is 14.3 Å². The molecule has 1 aliphatic heterocycles. The zero-order valence-corrected chi connectivity index (χ0v) is 10.7. The third-order valence-corrected chi connectivity index (χ3v) is 3.99. The van der Waals surface area contributed by atoms with Crippen molar-refractivity contribution in [1.29, 1.82) is 0 Å². The first-order valence-corrected chi connectivity index (χ1v) is 6.02. The van der Waals surface area contributed by atoms with Gasteiger partial charge in [0.25, 0.3) is 0 Å². The largest absolute Gasteiger partial charge is 0.481 e. The monoisotopic (exact) mass is 262 g/mol. The van der Waals surface area contributed by atoms with E-state index in [1.807, 2.05) is 0 Å². The number of amides is 1. The van der Waals surface area contributed by atoms with Crippen LogP contribution in [0.4, 0.5) is 0 Å². The molecule has 1 aromatic rings. The minimum atomic E-state index is -0.752. The van der Waals surface area contributed by atoms with E-state index in [2.05, 4.69) is 10.3 Å². The average molecular weight is 262 g/mol. The van der Waals surface area contributed by atoms with Crippen molar-refractivity contribution < 1.29 is 19.1 Å². The number of nitrogens with zero attached hydrogens (tertiary/aromatic N) is 1. The molecule has 2 heterocycles. The van der Waals surface area contributed by atoms with Crippen molar-refractivity contribution in [1.82, 2.24) is 10.3 Å². The highest BCUT2D eigenvalue weighted by Gasteiger charge is 2.73. The Balaban J connectivity index is 1.99. The van der Waals surface area contributed by atoms with Crippen molar-refractivity contribution in [2.75, 3.05) is 14.2 Å². The Morgan fingerprint density at radius 1 is 1.53 bits per heavy atom. The Hall–Kier alpha value is -2.11. The third-order valence-electron chi connectivity index (χ3n) is 3.99. The molecule has 6 nitrogen and oxygen atoms in total. The maximum absolute atomic E-state index is 12.0. The lowest BCUT2D eigenvalue weighted by Gasteiger charge is -2.21. The van der Waals surface area contributed by atoms with E-state index >= 15 is 0 Å². The fraction of sp³-hybridized carbons (Fsp3) is 0.462. The zero-order valence-electron chi connectivity index (χ0n) is 10.7. The van der Waals surface area contributed by atoms with Gasteiger partial charge in [0.1, 0.15) is 5.41 Å². The summed E-state index contributed by atoms with van der Waals surface area (Å²) in [6, 6.07) is 3.14. The minimum Gasteiger partial charge on any atom is -0.481 e. The molecule has 0 spiro atoms. The highest BCUT2D eigenvalue weighted by molar-refractivity contribution is 5.98. The molecular weight excluding hydrogens is 248 g/mol. The minimum absolute atomic E-state index is 0.0915. The number of methoxy groups -OCH3 is 2. The van der Waals surface area contributed by atoms with Gasteiger partial charge >= 0.3 is 5.97 Å². The molecule has 1 saturated heterocycles. The summed E-state index contributed by atoms with van der Waals surface area (Å²) in [6.07, 6.45) is 2.14. The Morgan fingerprint density at radius 3 is 2.95 bits per heavy atom. The fourth-order valence-corrected chi connectivity index (χ4v) is 2.93. The predicted molar refractivity (Wildman–Crippen MR) is 64.2 cm³/mol. The normalized spacial score (nSPS) is 31.4. The van der Waals surface area contributed by atoms with E-state index in [9.17, 15) is 9.59 Å². The molecule has 0 radical (unpaired) electrons. The maximum Gasteiger partial charge on any atom is 0.315 e. The number of piperidine rings is 1. The van der Waals surface area contributed by atoms with Gasteiger partial charge in [0.2, 0.25) is 11.8 Å². The molecule has 0 aromatic carbocycles. The lowest BCUT2D eigenvalue weighted by atomic mass is 9.91. The summed E-state index contributed by atoms with van der Waals surface area (Å²) >= 11 is 0. The maximum atomic E-state index is 12.0. The van der Waals surface area contributed by atoms with Crippen molar-refractivity contribution in [2.45, 2.75) is 12.5 Å². The number of carbonyl (C=O) groups excluding carboxylic acids is 2. The topological polar surface area (TPSA) is 77.5 Å². The molecule has 1 saturated carbocycles. The van der Waals surface area contributed by atoms with Crippen molar-refractivity contribution >= 4 is 11.9 Å². The van der Waals surface area contributed by atoms with Crippen LogP contribution in [0, 0.1) is 11.3 Å². The van der Waals surface area contributed by atoms with Gasteiger partial charge in [0.15, 0.2) is 0 Å². The summed E-state index contributed by atoms with van der Waals surface area (Å²) in [6.45, 7) is 0. The number of carbonyl (C=O) groups is 2. The van der Waals surface area contributed by atoms with Gasteiger partial charge < -0.3 is 14.8 Å². The molecule has 19 heavy (non-hydrogen) atoms. The van der Waals surface area contributed by atoms with Crippen LogP contribution < -0.4 is 10.1 Å². The Labute approximate surface area is 110 Å². The van der Waals surface area contributed by atoms with Crippen LogP contribution in [0.15, 0.2) is 18.3 Å². The lowest BCUT2D eigenvalue weighted by molar-refractivity contribution is -0.148. The first kappa shape index (κ1) is 12.0. The molecule has 2 aliphatic rings. The van der Waals surface area contributed by atoms with Gasteiger partial charge in [-0.1, -0.05) is 0 Å². The molecule has 2 fully saturated rings. The molecular formula is C13H14N2O4. The number of esters is 1. The number of rotatable bonds is 3. The third kappa shape index (κ3) is 1.52. The molecule has 3 atom stereocenters. The second-order valence-electron chi connectivity index (χ2n) is 4.86. The van der Waals surface area contributed by atoms with Gasteiger partial charge in [-0.05, 0) is 18.1 Å². The average Bonchev–Trinajstić information content (AvgIpc) is 3.14. The van der Waals surface area contributed by atoms with E-state index in [1.165, 1.54) is 14.2 Å². The summed E-state index contributed by atoms with van der Waals surface area (Å²) < 4.78 is 9.93. The van der Waals surface area contributed by atoms with Gasteiger partial charge in [0.05, 0.1) is 26.2 Å². The standard InChI is InChI=1S/C13H14N2O4/c1-18-9-5-7(3-4-14-9)10-13(12(17)19-2)6-8(13)11(16)15-10/h3-5,8,10H,6H2,1-2H3,(H,15,16)/t8?,10-,13+/m1/s1. The zero-order chi connectivity index (χ0) is 13.6. The van der Waals surface area contributed by atoms with Crippen LogP contribution in [-0.4, -0.2) is 31.1 Å². The summed E-state index contributed by atoms with van der Waals surface area (Å²) in [5, 5.41) is 2.85. The van der Waals surface area contributed by atoms with E-state index in [1.54, 1.807) is 18.3 Å². The van der Waals surface area contributed by atoms with Crippen molar-refractivity contribution in [3.63, 3.8) is 0 Å². The molecule has 1 aliphatic carbocycles. The summed E-state index contributed by atoms with van der Waals surface area (Å²) in [4.78, 5) is 27.8. The van der Waals surface area contributed by atoms with Gasteiger partial charge in [-0.25, -0.2) is 4.98 Å². The number of ether oxygens (including phenoxy) is 2. The highest BCUT2D eigenvalue weighted by Crippen LogP contribution is 2.64. The fourth-order valence-electron chi connectivity index (χ4n) is 2.93. The first-order chi connectivity index (χ1) is 9.13. The van der Waals surface area contributed by atoms with E-state index in [4.69, 9.17) is 9.47 Å². The van der Waals surface area contributed by atoms with Gasteiger partial charge in [-0.2, -0.15) is 0 Å². The molecule has 100 valence electrons. The van der Waals surface area contributed by atoms with Crippen molar-refractivity contribution in [3.8, 4) is 5.88 Å². The summed E-state index contributed by atoms with van der Waals surface area (Å²) in [5.41, 5.74) is 0.0590. The van der Waals surface area contributed by atoms with Gasteiger partial charge in [0, 0.05) is 12.3 Å². The molecule has 3 rings (SSSR count). The van der Waals surface area contributed by atoms with Crippen LogP contribution in [0.1, 0.15) is 18.0 Å². The van der Waals surface area contributed by atoms with Crippen LogP contribution in [0.3, 0.4) is 0 Å². The van der Waals surface area contributed by atoms with Crippen LogP contribution >= 0.6 is 0 Å². The smallest absolute Gasteiger partial charge is 0.315 e. The lowest BCUT2D eigenvalue weighted by Crippen LogP contribution is -2.31. The predicted octanol–water partition coefficient (Wildman–Crippen LogP) is 0.440. The van der Waals surface area contributed by atoms with E-state index in [0.717, 1.165) is 5.56 Å².